The number of nitrogens with one attached hydrogen (secondary N) is 1. The van der Waals surface area contributed by atoms with Gasteiger partial charge < -0.3 is 14.8 Å². The fraction of sp³-hybridized carbons (Fsp3) is 0.538. The first-order chi connectivity index (χ1) is 9.38. The number of benzene rings is 1. The van der Waals surface area contributed by atoms with Gasteiger partial charge in [-0.05, 0) is 32.0 Å². The maximum Gasteiger partial charge on any atom is 0.416 e. The summed E-state index contributed by atoms with van der Waals surface area (Å²) in [6, 6.07) is 2.20. The highest BCUT2D eigenvalue weighted by atomic mass is 19.4. The zero-order chi connectivity index (χ0) is 15.2. The first kappa shape index (κ1) is 16.7. The molecule has 0 amide bonds. The van der Waals surface area contributed by atoms with Crippen LogP contribution >= 0.6 is 0 Å². The molecule has 0 heterocycles. The maximum atomic E-state index is 13.5. The van der Waals surface area contributed by atoms with Crippen molar-refractivity contribution in [1.29, 1.82) is 0 Å². The average molecular weight is 295 g/mol. The number of ether oxygens (including phenoxy) is 2. The normalized spacial score (nSPS) is 11.9. The van der Waals surface area contributed by atoms with E-state index in [9.17, 15) is 17.6 Å². The monoisotopic (exact) mass is 295 g/mol. The van der Waals surface area contributed by atoms with Gasteiger partial charge in [0, 0.05) is 13.2 Å². The molecule has 0 saturated carbocycles. The Morgan fingerprint density at radius 1 is 1.15 bits per heavy atom. The zero-order valence-corrected chi connectivity index (χ0v) is 11.3. The van der Waals surface area contributed by atoms with Gasteiger partial charge in [-0.15, -0.1) is 0 Å². The van der Waals surface area contributed by atoms with Gasteiger partial charge in [0.2, 0.25) is 0 Å². The van der Waals surface area contributed by atoms with Gasteiger partial charge in [-0.25, -0.2) is 4.39 Å². The zero-order valence-electron chi connectivity index (χ0n) is 11.3. The van der Waals surface area contributed by atoms with Crippen molar-refractivity contribution in [3.05, 3.63) is 29.6 Å². The Morgan fingerprint density at radius 3 is 2.25 bits per heavy atom. The lowest BCUT2D eigenvalue weighted by Crippen LogP contribution is -2.26. The molecule has 0 spiro atoms. The van der Waals surface area contributed by atoms with Gasteiger partial charge in [-0.3, -0.25) is 0 Å². The first-order valence-corrected chi connectivity index (χ1v) is 6.22. The molecule has 3 nitrogen and oxygen atoms in total. The van der Waals surface area contributed by atoms with E-state index in [0.717, 1.165) is 12.1 Å². The Labute approximate surface area is 114 Å². The van der Waals surface area contributed by atoms with Gasteiger partial charge in [0.1, 0.15) is 5.82 Å². The van der Waals surface area contributed by atoms with Crippen molar-refractivity contribution in [3.8, 4) is 0 Å². The van der Waals surface area contributed by atoms with Gasteiger partial charge in [0.15, 0.2) is 6.29 Å². The minimum Gasteiger partial charge on any atom is -0.378 e. The SMILES string of the molecule is CCOC(CNc1cc(C(F)(F)F)ccc1F)OCC. The Morgan fingerprint density at radius 2 is 1.75 bits per heavy atom. The van der Waals surface area contributed by atoms with Crippen LogP contribution in [0.3, 0.4) is 0 Å². The van der Waals surface area contributed by atoms with Gasteiger partial charge in [0.05, 0.1) is 17.8 Å². The average Bonchev–Trinajstić information content (AvgIpc) is 2.36. The van der Waals surface area contributed by atoms with Crippen LogP contribution in [0.25, 0.3) is 0 Å². The molecule has 114 valence electrons. The molecule has 0 fully saturated rings. The van der Waals surface area contributed by atoms with Crippen LogP contribution in [0.2, 0.25) is 0 Å². The van der Waals surface area contributed by atoms with E-state index in [1.165, 1.54) is 0 Å². The highest BCUT2D eigenvalue weighted by molar-refractivity contribution is 5.48. The third-order valence-corrected chi connectivity index (χ3v) is 2.46. The summed E-state index contributed by atoms with van der Waals surface area (Å²) in [5.74, 6) is -0.759. The van der Waals surface area contributed by atoms with E-state index < -0.39 is 23.8 Å². The van der Waals surface area contributed by atoms with Gasteiger partial charge >= 0.3 is 6.18 Å². The predicted molar refractivity (Wildman–Crippen MR) is 66.9 cm³/mol. The van der Waals surface area contributed by atoms with E-state index in [1.54, 1.807) is 13.8 Å². The second kappa shape index (κ2) is 7.44. The van der Waals surface area contributed by atoms with E-state index in [4.69, 9.17) is 9.47 Å². The summed E-state index contributed by atoms with van der Waals surface area (Å²) in [7, 11) is 0. The lowest BCUT2D eigenvalue weighted by molar-refractivity contribution is -0.137. The fourth-order valence-electron chi connectivity index (χ4n) is 1.57. The highest BCUT2D eigenvalue weighted by Crippen LogP contribution is 2.31. The molecule has 0 aliphatic rings. The molecule has 0 bridgehead atoms. The minimum atomic E-state index is -4.51. The summed E-state index contributed by atoms with van der Waals surface area (Å²) in [6.07, 6.45) is -5.15. The summed E-state index contributed by atoms with van der Waals surface area (Å²) in [4.78, 5) is 0. The molecule has 0 aliphatic heterocycles. The Hall–Kier alpha value is -1.34. The molecule has 0 atom stereocenters. The van der Waals surface area contributed by atoms with Crippen molar-refractivity contribution in [3.63, 3.8) is 0 Å². The summed E-state index contributed by atoms with van der Waals surface area (Å²) in [6.45, 7) is 4.35. The number of hydrogen-bond donors (Lipinski definition) is 1. The van der Waals surface area contributed by atoms with Gasteiger partial charge in [-0.2, -0.15) is 13.2 Å². The summed E-state index contributed by atoms with van der Waals surface area (Å²) < 4.78 is 61.5. The van der Waals surface area contributed by atoms with Crippen LogP contribution in [0, 0.1) is 5.82 Å². The molecule has 7 heteroatoms. The standard InChI is InChI=1S/C13H17F4NO2/c1-3-19-12(20-4-2)8-18-11-7-9(13(15,16)17)5-6-10(11)14/h5-7,12,18H,3-4,8H2,1-2H3. The molecule has 0 saturated heterocycles. The van der Waals surface area contributed by atoms with E-state index >= 15 is 0 Å². The number of hydrogen-bond acceptors (Lipinski definition) is 3. The Balaban J connectivity index is 2.75. The van der Waals surface area contributed by atoms with Crippen LogP contribution in [-0.4, -0.2) is 26.0 Å². The van der Waals surface area contributed by atoms with Crippen LogP contribution in [-0.2, 0) is 15.7 Å². The van der Waals surface area contributed by atoms with Crippen LogP contribution in [0.5, 0.6) is 0 Å². The van der Waals surface area contributed by atoms with Gasteiger partial charge in [-0.1, -0.05) is 0 Å². The highest BCUT2D eigenvalue weighted by Gasteiger charge is 2.31. The van der Waals surface area contributed by atoms with Crippen LogP contribution in [0.15, 0.2) is 18.2 Å². The predicted octanol–water partition coefficient (Wildman–Crippen LogP) is 3.66. The molecule has 1 N–H and O–H groups in total. The third-order valence-electron chi connectivity index (χ3n) is 2.46. The molecule has 0 aliphatic carbocycles. The molecule has 1 rings (SSSR count). The number of rotatable bonds is 7. The Kier molecular flexibility index (Phi) is 6.22. The van der Waals surface area contributed by atoms with Crippen LogP contribution < -0.4 is 5.32 Å². The second-order valence-corrected chi connectivity index (χ2v) is 3.91. The fourth-order valence-corrected chi connectivity index (χ4v) is 1.57. The van der Waals surface area contributed by atoms with E-state index in [0.29, 0.717) is 19.3 Å². The molecule has 1 aromatic rings. The van der Waals surface area contributed by atoms with Crippen molar-refractivity contribution >= 4 is 5.69 Å². The third kappa shape index (κ3) is 4.97. The molecule has 1 aromatic carbocycles. The second-order valence-electron chi connectivity index (χ2n) is 3.91. The number of alkyl halides is 3. The lowest BCUT2D eigenvalue weighted by Gasteiger charge is -2.19. The minimum absolute atomic E-state index is 0.0555. The summed E-state index contributed by atoms with van der Waals surface area (Å²) in [5.41, 5.74) is -1.14. The summed E-state index contributed by atoms with van der Waals surface area (Å²) in [5, 5.41) is 2.57. The Bertz CT molecular complexity index is 417. The van der Waals surface area contributed by atoms with Crippen molar-refractivity contribution in [2.75, 3.05) is 25.1 Å². The van der Waals surface area contributed by atoms with Crippen LogP contribution in [0.1, 0.15) is 19.4 Å². The summed E-state index contributed by atoms with van der Waals surface area (Å²) >= 11 is 0. The van der Waals surface area contributed by atoms with Crippen molar-refractivity contribution in [1.82, 2.24) is 0 Å². The molecule has 0 unspecified atom stereocenters. The lowest BCUT2D eigenvalue weighted by atomic mass is 10.2. The van der Waals surface area contributed by atoms with Crippen LogP contribution in [0.4, 0.5) is 23.2 Å². The first-order valence-electron chi connectivity index (χ1n) is 6.22. The molecule has 0 aromatic heterocycles. The van der Waals surface area contributed by atoms with Crippen molar-refractivity contribution in [2.45, 2.75) is 26.3 Å². The van der Waals surface area contributed by atoms with Crippen molar-refractivity contribution in [2.24, 2.45) is 0 Å². The van der Waals surface area contributed by atoms with Crippen molar-refractivity contribution < 1.29 is 27.0 Å². The number of anilines is 1. The molecule has 0 radical (unpaired) electrons. The molecule has 20 heavy (non-hydrogen) atoms. The molecular formula is C13H17F4NO2. The maximum absolute atomic E-state index is 13.5. The van der Waals surface area contributed by atoms with Gasteiger partial charge in [0.25, 0.3) is 0 Å². The topological polar surface area (TPSA) is 30.5 Å². The number of halogens is 4. The van der Waals surface area contributed by atoms with E-state index in [1.807, 2.05) is 0 Å². The smallest absolute Gasteiger partial charge is 0.378 e. The molecular weight excluding hydrogens is 278 g/mol. The quantitative estimate of drug-likeness (QED) is 0.615. The van der Waals surface area contributed by atoms with E-state index in [2.05, 4.69) is 5.32 Å². The largest absolute Gasteiger partial charge is 0.416 e. The van der Waals surface area contributed by atoms with E-state index in [-0.39, 0.29) is 12.2 Å².